The zero-order valence-electron chi connectivity index (χ0n) is 17.6. The number of hydrogen-bond donors (Lipinski definition) is 2. The van der Waals surface area contributed by atoms with E-state index in [1.165, 1.54) is 0 Å². The van der Waals surface area contributed by atoms with Gasteiger partial charge in [0.1, 0.15) is 0 Å². The SMILES string of the molecule is CCCC(=O)N/C(=C/C(C)(NC(=O)CCC)c1ccc(Cl)cc1)c1ccc(Cl)cc1. The van der Waals surface area contributed by atoms with Crippen molar-refractivity contribution < 1.29 is 9.59 Å². The lowest BCUT2D eigenvalue weighted by Gasteiger charge is -2.30. The summed E-state index contributed by atoms with van der Waals surface area (Å²) in [7, 11) is 0. The van der Waals surface area contributed by atoms with Gasteiger partial charge in [-0.05, 0) is 61.2 Å². The number of carbonyl (C=O) groups is 2. The average molecular weight is 447 g/mol. The fourth-order valence-electron chi connectivity index (χ4n) is 3.12. The third-order valence-electron chi connectivity index (χ3n) is 4.66. The molecule has 2 rings (SSSR count). The average Bonchev–Trinajstić information content (AvgIpc) is 2.68. The van der Waals surface area contributed by atoms with Gasteiger partial charge in [-0.15, -0.1) is 0 Å². The molecule has 2 amide bonds. The first-order chi connectivity index (χ1) is 14.3. The number of amides is 2. The molecule has 0 heterocycles. The fourth-order valence-corrected chi connectivity index (χ4v) is 3.37. The van der Waals surface area contributed by atoms with Gasteiger partial charge in [0, 0.05) is 28.6 Å². The van der Waals surface area contributed by atoms with Crippen molar-refractivity contribution in [2.45, 2.75) is 52.0 Å². The van der Waals surface area contributed by atoms with Crippen molar-refractivity contribution in [1.29, 1.82) is 0 Å². The highest BCUT2D eigenvalue weighted by Gasteiger charge is 2.27. The van der Waals surface area contributed by atoms with Crippen molar-refractivity contribution in [2.75, 3.05) is 0 Å². The number of halogens is 2. The van der Waals surface area contributed by atoms with E-state index in [-0.39, 0.29) is 11.8 Å². The van der Waals surface area contributed by atoms with Crippen LogP contribution in [0.2, 0.25) is 10.0 Å². The Kier molecular flexibility index (Phi) is 8.94. The molecule has 160 valence electrons. The predicted molar refractivity (Wildman–Crippen MR) is 124 cm³/mol. The van der Waals surface area contributed by atoms with E-state index in [0.717, 1.165) is 24.0 Å². The third kappa shape index (κ3) is 6.89. The largest absolute Gasteiger partial charge is 0.343 e. The molecule has 1 atom stereocenters. The van der Waals surface area contributed by atoms with Crippen LogP contribution in [0.25, 0.3) is 5.70 Å². The Bertz CT molecular complexity index is 892. The lowest BCUT2D eigenvalue weighted by atomic mass is 9.89. The zero-order chi connectivity index (χ0) is 22.1. The minimum atomic E-state index is -0.856. The van der Waals surface area contributed by atoms with Crippen molar-refractivity contribution >= 4 is 40.7 Å². The first-order valence-electron chi connectivity index (χ1n) is 10.1. The summed E-state index contributed by atoms with van der Waals surface area (Å²) >= 11 is 12.1. The van der Waals surface area contributed by atoms with E-state index in [2.05, 4.69) is 10.6 Å². The minimum Gasteiger partial charge on any atom is -0.343 e. The van der Waals surface area contributed by atoms with E-state index in [9.17, 15) is 9.59 Å². The van der Waals surface area contributed by atoms with Gasteiger partial charge in [0.2, 0.25) is 11.8 Å². The van der Waals surface area contributed by atoms with Crippen molar-refractivity contribution in [3.8, 4) is 0 Å². The molecule has 0 bridgehead atoms. The molecule has 2 N–H and O–H groups in total. The highest BCUT2D eigenvalue weighted by atomic mass is 35.5. The maximum Gasteiger partial charge on any atom is 0.224 e. The molecular formula is C24H28Cl2N2O2. The Morgan fingerprint density at radius 3 is 1.90 bits per heavy atom. The quantitative estimate of drug-likeness (QED) is 0.489. The second-order valence-electron chi connectivity index (χ2n) is 7.37. The number of nitrogens with one attached hydrogen (secondary N) is 2. The Balaban J connectivity index is 2.56. The zero-order valence-corrected chi connectivity index (χ0v) is 19.1. The summed E-state index contributed by atoms with van der Waals surface area (Å²) in [6.45, 7) is 5.82. The van der Waals surface area contributed by atoms with Crippen molar-refractivity contribution in [3.05, 3.63) is 75.8 Å². The maximum absolute atomic E-state index is 12.5. The minimum absolute atomic E-state index is 0.0680. The van der Waals surface area contributed by atoms with E-state index in [0.29, 0.717) is 28.6 Å². The summed E-state index contributed by atoms with van der Waals surface area (Å²) in [6.07, 6.45) is 4.17. The lowest BCUT2D eigenvalue weighted by Crippen LogP contribution is -2.42. The Morgan fingerprint density at radius 1 is 0.867 bits per heavy atom. The summed E-state index contributed by atoms with van der Waals surface area (Å²) in [5.41, 5.74) is 1.41. The molecule has 1 unspecified atom stereocenters. The topological polar surface area (TPSA) is 58.2 Å². The molecule has 0 saturated heterocycles. The summed E-state index contributed by atoms with van der Waals surface area (Å²) in [6, 6.07) is 14.5. The van der Waals surface area contributed by atoms with E-state index in [1.807, 2.05) is 51.1 Å². The van der Waals surface area contributed by atoms with Gasteiger partial charge in [0.15, 0.2) is 0 Å². The smallest absolute Gasteiger partial charge is 0.224 e. The van der Waals surface area contributed by atoms with Gasteiger partial charge in [-0.2, -0.15) is 0 Å². The van der Waals surface area contributed by atoms with Crippen LogP contribution in [-0.2, 0) is 15.1 Å². The molecule has 2 aromatic carbocycles. The number of carbonyl (C=O) groups excluding carboxylic acids is 2. The van der Waals surface area contributed by atoms with Crippen LogP contribution in [0.15, 0.2) is 54.6 Å². The van der Waals surface area contributed by atoms with Crippen LogP contribution >= 0.6 is 23.2 Å². The Hall–Kier alpha value is -2.30. The van der Waals surface area contributed by atoms with Gasteiger partial charge in [-0.3, -0.25) is 9.59 Å². The summed E-state index contributed by atoms with van der Waals surface area (Å²) in [4.78, 5) is 24.9. The molecule has 0 fully saturated rings. The first-order valence-corrected chi connectivity index (χ1v) is 10.9. The van der Waals surface area contributed by atoms with Gasteiger partial charge in [0.25, 0.3) is 0 Å². The molecule has 6 heteroatoms. The second kappa shape index (κ2) is 11.2. The number of hydrogen-bond acceptors (Lipinski definition) is 2. The fraction of sp³-hybridized carbons (Fsp3) is 0.333. The summed E-state index contributed by atoms with van der Waals surface area (Å²) < 4.78 is 0. The molecule has 0 aliphatic heterocycles. The van der Waals surface area contributed by atoms with E-state index >= 15 is 0 Å². The van der Waals surface area contributed by atoms with E-state index < -0.39 is 5.54 Å². The van der Waals surface area contributed by atoms with Crippen LogP contribution in [0.3, 0.4) is 0 Å². The normalized spacial score (nSPS) is 13.4. The molecule has 4 nitrogen and oxygen atoms in total. The van der Waals surface area contributed by atoms with Crippen LogP contribution in [0.5, 0.6) is 0 Å². The molecule has 30 heavy (non-hydrogen) atoms. The molecule has 2 aromatic rings. The highest BCUT2D eigenvalue weighted by molar-refractivity contribution is 6.30. The van der Waals surface area contributed by atoms with Gasteiger partial charge in [0.05, 0.1) is 5.54 Å². The molecule has 0 aromatic heterocycles. The van der Waals surface area contributed by atoms with Crippen molar-refractivity contribution in [1.82, 2.24) is 10.6 Å². The highest BCUT2D eigenvalue weighted by Crippen LogP contribution is 2.28. The van der Waals surface area contributed by atoms with Gasteiger partial charge >= 0.3 is 0 Å². The molecular weight excluding hydrogens is 419 g/mol. The molecule has 0 saturated carbocycles. The third-order valence-corrected chi connectivity index (χ3v) is 5.16. The van der Waals surface area contributed by atoms with Gasteiger partial charge < -0.3 is 10.6 Å². The predicted octanol–water partition coefficient (Wildman–Crippen LogP) is 6.08. The van der Waals surface area contributed by atoms with Crippen molar-refractivity contribution in [2.24, 2.45) is 0 Å². The summed E-state index contributed by atoms with van der Waals surface area (Å²) in [5.74, 6) is -0.154. The Morgan fingerprint density at radius 2 is 1.37 bits per heavy atom. The van der Waals surface area contributed by atoms with Crippen molar-refractivity contribution in [3.63, 3.8) is 0 Å². The lowest BCUT2D eigenvalue weighted by molar-refractivity contribution is -0.122. The monoisotopic (exact) mass is 446 g/mol. The van der Waals surface area contributed by atoms with Gasteiger partial charge in [-0.25, -0.2) is 0 Å². The van der Waals surface area contributed by atoms with E-state index in [1.54, 1.807) is 24.3 Å². The van der Waals surface area contributed by atoms with Crippen LogP contribution in [-0.4, -0.2) is 11.8 Å². The van der Waals surface area contributed by atoms with Crippen LogP contribution in [0, 0.1) is 0 Å². The summed E-state index contributed by atoms with van der Waals surface area (Å²) in [5, 5.41) is 7.33. The molecule has 0 radical (unpaired) electrons. The molecule has 0 aliphatic carbocycles. The van der Waals surface area contributed by atoms with E-state index in [4.69, 9.17) is 23.2 Å². The standard InChI is InChI=1S/C24H28Cl2N2O2/c1-4-6-22(29)27-21(17-8-12-19(25)13-9-17)16-24(3,28-23(30)7-5-2)18-10-14-20(26)15-11-18/h8-16H,4-7H2,1-3H3,(H,27,29)(H,28,30)/b21-16+. The molecule has 0 spiro atoms. The van der Waals surface area contributed by atoms with Crippen LogP contribution in [0.1, 0.15) is 57.6 Å². The first kappa shape index (κ1) is 24.0. The maximum atomic E-state index is 12.5. The van der Waals surface area contributed by atoms with Crippen LogP contribution in [0.4, 0.5) is 0 Å². The van der Waals surface area contributed by atoms with Crippen LogP contribution < -0.4 is 10.6 Å². The van der Waals surface area contributed by atoms with Gasteiger partial charge in [-0.1, -0.05) is 61.3 Å². The number of rotatable bonds is 9. The Labute approximate surface area is 188 Å². The molecule has 0 aliphatic rings. The second-order valence-corrected chi connectivity index (χ2v) is 8.24. The number of benzene rings is 2.